The quantitative estimate of drug-likeness (QED) is 0.360. The molecule has 1 heteroatoms. The van der Waals surface area contributed by atoms with Gasteiger partial charge in [-0.15, -0.1) is 0 Å². The molecule has 0 aromatic rings. The molecule has 0 radical (unpaired) electrons. The van der Waals surface area contributed by atoms with Crippen LogP contribution in [0.1, 0.15) is 78.1 Å². The highest BCUT2D eigenvalue weighted by molar-refractivity contribution is 6.11. The Balaban J connectivity index is 2.92. The van der Waals surface area contributed by atoms with Crippen LogP contribution in [-0.2, 0) is 0 Å². The second-order valence-electron chi connectivity index (χ2n) is 4.78. The summed E-state index contributed by atoms with van der Waals surface area (Å²) in [5.41, 5.74) is 0. The van der Waals surface area contributed by atoms with Crippen LogP contribution in [0, 0.1) is 0 Å². The van der Waals surface area contributed by atoms with E-state index in [0.717, 1.165) is 5.82 Å². The Labute approximate surface area is 92.3 Å². The first-order valence-corrected chi connectivity index (χ1v) is 6.81. The summed E-state index contributed by atoms with van der Waals surface area (Å²) in [6.07, 6.45) is 14.4. The minimum Gasteiger partial charge on any atom is -0.0700 e. The van der Waals surface area contributed by atoms with E-state index in [1.165, 1.54) is 64.2 Å². The third-order valence-corrected chi connectivity index (χ3v) is 3.25. The molecule has 0 aliphatic rings. The zero-order valence-corrected chi connectivity index (χ0v) is 10.6. The SMILES string of the molecule is BC(CC)CCCCCCCCCC. The average molecular weight is 196 g/mol. The summed E-state index contributed by atoms with van der Waals surface area (Å²) in [5, 5.41) is 0. The first-order chi connectivity index (χ1) is 6.81. The Morgan fingerprint density at radius 3 is 1.79 bits per heavy atom. The van der Waals surface area contributed by atoms with Crippen LogP contribution in [0.5, 0.6) is 0 Å². The second kappa shape index (κ2) is 11.1. The maximum atomic E-state index is 2.38. The fourth-order valence-corrected chi connectivity index (χ4v) is 1.83. The summed E-state index contributed by atoms with van der Waals surface area (Å²) in [5.74, 6) is 0.954. The second-order valence-corrected chi connectivity index (χ2v) is 4.78. The number of rotatable bonds is 10. The maximum Gasteiger partial charge on any atom is 0.105 e. The van der Waals surface area contributed by atoms with Gasteiger partial charge in [-0.2, -0.15) is 0 Å². The highest BCUT2D eigenvalue weighted by atomic mass is 14.0. The molecule has 0 aliphatic heterocycles. The summed E-state index contributed by atoms with van der Waals surface area (Å²) in [7, 11) is 2.38. The van der Waals surface area contributed by atoms with Gasteiger partial charge in [-0.1, -0.05) is 83.9 Å². The molecule has 0 aromatic heterocycles. The van der Waals surface area contributed by atoms with Crippen molar-refractivity contribution in [3.05, 3.63) is 0 Å². The van der Waals surface area contributed by atoms with Gasteiger partial charge in [-0.05, 0) is 0 Å². The van der Waals surface area contributed by atoms with E-state index >= 15 is 0 Å². The number of hydrogen-bond donors (Lipinski definition) is 0. The molecular weight excluding hydrogens is 167 g/mol. The van der Waals surface area contributed by atoms with Crippen LogP contribution in [0.3, 0.4) is 0 Å². The van der Waals surface area contributed by atoms with Gasteiger partial charge in [0.25, 0.3) is 0 Å². The lowest BCUT2D eigenvalue weighted by Gasteiger charge is -2.07. The fraction of sp³-hybridized carbons (Fsp3) is 1.00. The molecule has 14 heavy (non-hydrogen) atoms. The largest absolute Gasteiger partial charge is 0.105 e. The molecule has 0 amide bonds. The minimum atomic E-state index is 0.954. The maximum absolute atomic E-state index is 2.38. The highest BCUT2D eigenvalue weighted by Gasteiger charge is 1.98. The van der Waals surface area contributed by atoms with Crippen molar-refractivity contribution in [2.45, 2.75) is 83.9 Å². The Bertz CT molecular complexity index is 101. The van der Waals surface area contributed by atoms with Gasteiger partial charge < -0.3 is 0 Å². The van der Waals surface area contributed by atoms with Gasteiger partial charge in [0.2, 0.25) is 0 Å². The van der Waals surface area contributed by atoms with E-state index in [0.29, 0.717) is 0 Å². The van der Waals surface area contributed by atoms with Gasteiger partial charge >= 0.3 is 0 Å². The third-order valence-electron chi connectivity index (χ3n) is 3.25. The smallest absolute Gasteiger partial charge is 0.0700 e. The van der Waals surface area contributed by atoms with Crippen LogP contribution in [0.4, 0.5) is 0 Å². The molecule has 0 saturated heterocycles. The first kappa shape index (κ1) is 14.1. The van der Waals surface area contributed by atoms with Gasteiger partial charge in [0, 0.05) is 0 Å². The highest BCUT2D eigenvalue weighted by Crippen LogP contribution is 2.16. The van der Waals surface area contributed by atoms with Crippen molar-refractivity contribution in [1.29, 1.82) is 0 Å². The van der Waals surface area contributed by atoms with Crippen molar-refractivity contribution in [2.75, 3.05) is 0 Å². The molecule has 0 nitrogen and oxygen atoms in total. The minimum absolute atomic E-state index is 0.954. The molecule has 1 atom stereocenters. The summed E-state index contributed by atoms with van der Waals surface area (Å²) in [4.78, 5) is 0. The van der Waals surface area contributed by atoms with E-state index in [4.69, 9.17) is 0 Å². The van der Waals surface area contributed by atoms with Crippen molar-refractivity contribution in [1.82, 2.24) is 0 Å². The number of unbranched alkanes of at least 4 members (excludes halogenated alkanes) is 7. The molecule has 84 valence electrons. The Hall–Kier alpha value is 0.0649. The summed E-state index contributed by atoms with van der Waals surface area (Å²) in [6.45, 7) is 4.58. The monoisotopic (exact) mass is 196 g/mol. The van der Waals surface area contributed by atoms with Gasteiger partial charge in [-0.3, -0.25) is 0 Å². The van der Waals surface area contributed by atoms with Gasteiger partial charge in [-0.25, -0.2) is 0 Å². The topological polar surface area (TPSA) is 0 Å². The Morgan fingerprint density at radius 2 is 1.29 bits per heavy atom. The summed E-state index contributed by atoms with van der Waals surface area (Å²) in [6, 6.07) is 0. The van der Waals surface area contributed by atoms with E-state index in [9.17, 15) is 0 Å². The lowest BCUT2D eigenvalue weighted by atomic mass is 9.81. The van der Waals surface area contributed by atoms with Crippen molar-refractivity contribution in [3.63, 3.8) is 0 Å². The fourth-order valence-electron chi connectivity index (χ4n) is 1.83. The zero-order chi connectivity index (χ0) is 10.6. The average Bonchev–Trinajstić information content (AvgIpc) is 2.21. The molecule has 0 bridgehead atoms. The van der Waals surface area contributed by atoms with E-state index in [1.807, 2.05) is 0 Å². The van der Waals surface area contributed by atoms with Crippen LogP contribution in [-0.4, -0.2) is 7.85 Å². The van der Waals surface area contributed by atoms with Crippen molar-refractivity contribution in [2.24, 2.45) is 0 Å². The molecule has 0 spiro atoms. The van der Waals surface area contributed by atoms with Gasteiger partial charge in [0.15, 0.2) is 0 Å². The number of hydrogen-bond acceptors (Lipinski definition) is 0. The molecule has 0 fully saturated rings. The molecule has 0 rings (SSSR count). The van der Waals surface area contributed by atoms with Crippen LogP contribution >= 0.6 is 0 Å². The van der Waals surface area contributed by atoms with Gasteiger partial charge in [0.1, 0.15) is 7.85 Å². The summed E-state index contributed by atoms with van der Waals surface area (Å²) < 4.78 is 0. The Morgan fingerprint density at radius 1 is 0.786 bits per heavy atom. The van der Waals surface area contributed by atoms with E-state index in [-0.39, 0.29) is 0 Å². The zero-order valence-electron chi connectivity index (χ0n) is 10.6. The predicted molar refractivity (Wildman–Crippen MR) is 69.8 cm³/mol. The van der Waals surface area contributed by atoms with Crippen molar-refractivity contribution in [3.8, 4) is 0 Å². The molecule has 0 aromatic carbocycles. The molecular formula is C13H29B. The first-order valence-electron chi connectivity index (χ1n) is 6.81. The Kier molecular flexibility index (Phi) is 11.2. The van der Waals surface area contributed by atoms with E-state index in [2.05, 4.69) is 21.7 Å². The van der Waals surface area contributed by atoms with Crippen molar-refractivity contribution >= 4 is 7.85 Å². The van der Waals surface area contributed by atoms with Crippen LogP contribution < -0.4 is 0 Å². The lowest BCUT2D eigenvalue weighted by Crippen LogP contribution is -1.90. The molecule has 0 N–H and O–H groups in total. The van der Waals surface area contributed by atoms with Crippen LogP contribution in [0.25, 0.3) is 0 Å². The lowest BCUT2D eigenvalue weighted by molar-refractivity contribution is 0.554. The van der Waals surface area contributed by atoms with Crippen molar-refractivity contribution < 1.29 is 0 Å². The molecule has 0 aliphatic carbocycles. The standard InChI is InChI=1S/C13H29B/c1-3-5-6-7-8-9-10-11-12-13(14)4-2/h13H,3-12,14H2,1-2H3. The van der Waals surface area contributed by atoms with Gasteiger partial charge in [0.05, 0.1) is 0 Å². The van der Waals surface area contributed by atoms with Crippen LogP contribution in [0.2, 0.25) is 5.82 Å². The van der Waals surface area contributed by atoms with E-state index < -0.39 is 0 Å². The third kappa shape index (κ3) is 10.1. The molecule has 1 unspecified atom stereocenters. The molecule has 0 heterocycles. The normalized spacial score (nSPS) is 13.0. The molecule has 0 saturated carbocycles. The van der Waals surface area contributed by atoms with E-state index in [1.54, 1.807) is 0 Å². The summed E-state index contributed by atoms with van der Waals surface area (Å²) >= 11 is 0. The predicted octanol–water partition coefficient (Wildman–Crippen LogP) is 4.35. The van der Waals surface area contributed by atoms with Crippen LogP contribution in [0.15, 0.2) is 0 Å².